The highest BCUT2D eigenvalue weighted by atomic mass is 35.5. The number of aliphatic hydroxyl groups is 1. The molecule has 1 N–H and O–H groups in total. The summed E-state index contributed by atoms with van der Waals surface area (Å²) in [6, 6.07) is 10.1. The van der Waals surface area contributed by atoms with E-state index < -0.39 is 35.0 Å². The van der Waals surface area contributed by atoms with E-state index in [4.69, 9.17) is 11.6 Å². The number of hydrogen-bond acceptors (Lipinski definition) is 6. The largest absolute Gasteiger partial charge is 0.384 e. The van der Waals surface area contributed by atoms with Crippen molar-refractivity contribution in [1.82, 2.24) is 19.7 Å². The van der Waals surface area contributed by atoms with Crippen LogP contribution in [-0.4, -0.2) is 56.9 Å². The number of piperidine rings is 1. The summed E-state index contributed by atoms with van der Waals surface area (Å²) in [6.07, 6.45) is 1.55. The lowest BCUT2D eigenvalue weighted by atomic mass is 9.70. The first-order valence-corrected chi connectivity index (χ1v) is 13.2. The molecule has 5 atom stereocenters. The fourth-order valence-corrected chi connectivity index (χ4v) is 6.15. The molecule has 4 heterocycles. The first-order valence-electron chi connectivity index (χ1n) is 12.9. The van der Waals surface area contributed by atoms with E-state index >= 15 is 0 Å². The molecule has 2 saturated heterocycles. The van der Waals surface area contributed by atoms with Gasteiger partial charge < -0.3 is 14.9 Å². The fraction of sp³-hybridized carbons (Fsp3) is 0.429. The van der Waals surface area contributed by atoms with Crippen molar-refractivity contribution in [2.45, 2.75) is 25.4 Å². The second-order valence-corrected chi connectivity index (χ2v) is 11.1. The van der Waals surface area contributed by atoms with Gasteiger partial charge in [-0.1, -0.05) is 31.5 Å². The number of nitrogens with zero attached hydrogens (tertiary/aromatic N) is 5. The van der Waals surface area contributed by atoms with Crippen molar-refractivity contribution >= 4 is 23.3 Å². The number of aryl methyl sites for hydroxylation is 1. The summed E-state index contributed by atoms with van der Waals surface area (Å²) >= 11 is 6.07. The van der Waals surface area contributed by atoms with E-state index in [0.717, 1.165) is 17.8 Å². The van der Waals surface area contributed by atoms with Crippen molar-refractivity contribution < 1.29 is 18.7 Å². The molecule has 8 nitrogen and oxygen atoms in total. The van der Waals surface area contributed by atoms with Gasteiger partial charge in [0.2, 0.25) is 5.91 Å². The average molecular weight is 558 g/mol. The molecule has 0 saturated carbocycles. The van der Waals surface area contributed by atoms with Crippen molar-refractivity contribution in [3.8, 4) is 0 Å². The van der Waals surface area contributed by atoms with Crippen molar-refractivity contribution in [2.75, 3.05) is 31.1 Å². The number of likely N-dealkylation sites (tertiary alicyclic amines) is 1. The molecule has 1 amide bonds. The fourth-order valence-electron chi connectivity index (χ4n) is 6.03. The van der Waals surface area contributed by atoms with Crippen LogP contribution in [0.25, 0.3) is 0 Å². The third-order valence-corrected chi connectivity index (χ3v) is 8.45. The average Bonchev–Trinajstić information content (AvgIpc) is 3.35. The number of rotatable bonds is 4. The number of anilines is 1. The Labute approximate surface area is 229 Å². The maximum Gasteiger partial charge on any atom is 0.266 e. The zero-order chi connectivity index (χ0) is 28.1. The molecule has 2 aliphatic rings. The molecular formula is C28H30ClF2N5O3. The number of hydrogen-bond donors (Lipinski definition) is 1. The highest BCUT2D eigenvalue weighted by molar-refractivity contribution is 6.30. The van der Waals surface area contributed by atoms with E-state index in [9.17, 15) is 23.5 Å². The molecule has 5 rings (SSSR count). The Kier molecular flexibility index (Phi) is 7.19. The van der Waals surface area contributed by atoms with Crippen LogP contribution in [-0.2, 0) is 17.4 Å². The minimum Gasteiger partial charge on any atom is -0.384 e. The maximum atomic E-state index is 14.1. The quantitative estimate of drug-likeness (QED) is 0.529. The van der Waals surface area contributed by atoms with E-state index in [0.29, 0.717) is 29.5 Å². The van der Waals surface area contributed by atoms with Crippen molar-refractivity contribution in [3.63, 3.8) is 0 Å². The molecule has 0 spiro atoms. The van der Waals surface area contributed by atoms with Gasteiger partial charge in [0.15, 0.2) is 11.6 Å². The van der Waals surface area contributed by atoms with Gasteiger partial charge in [0.25, 0.3) is 5.56 Å². The topological polar surface area (TPSA) is 91.6 Å². The lowest BCUT2D eigenvalue weighted by Crippen LogP contribution is -2.57. The SMILES string of the molecule is C[C@@H]1CN(C(=O)[C@@H]2CN(c3ccc(=O)n(C)n3)C[C@H]2c2ccc(Cl)cn2)C[C@H](C)C1(O)c1ccc(F)c(F)c1. The normalized spacial score (nSPS) is 27.2. The molecule has 39 heavy (non-hydrogen) atoms. The number of benzene rings is 1. The third kappa shape index (κ3) is 4.91. The standard InChI is InChI=1S/C28H30ClF2N5O3/c1-16-12-36(13-17(2)28(16,39)18-4-6-22(30)23(31)10-18)27(38)21-15-35(25-8-9-26(37)34(3)33-25)14-20(21)24-7-5-19(29)11-32-24/h4-11,16-17,20-21,39H,12-15H2,1-3H3/t16-,17+,20-,21-,28?/m1/s1. The second-order valence-electron chi connectivity index (χ2n) is 10.7. The van der Waals surface area contributed by atoms with Crippen LogP contribution in [0.3, 0.4) is 0 Å². The summed E-state index contributed by atoms with van der Waals surface area (Å²) in [7, 11) is 1.58. The lowest BCUT2D eigenvalue weighted by Gasteiger charge is -2.48. The Morgan fingerprint density at radius 2 is 1.74 bits per heavy atom. The number of carbonyl (C=O) groups excluding carboxylic acids is 1. The van der Waals surface area contributed by atoms with Crippen LogP contribution in [0.2, 0.25) is 5.02 Å². The Hall–Kier alpha value is -3.37. The van der Waals surface area contributed by atoms with Crippen LogP contribution in [0.1, 0.15) is 31.0 Å². The van der Waals surface area contributed by atoms with Crippen LogP contribution in [0, 0.1) is 29.4 Å². The molecule has 206 valence electrons. The molecule has 2 aromatic heterocycles. The van der Waals surface area contributed by atoms with Gasteiger partial charge in [-0.05, 0) is 35.9 Å². The first-order chi connectivity index (χ1) is 18.5. The molecule has 11 heteroatoms. The zero-order valence-electron chi connectivity index (χ0n) is 21.9. The number of amides is 1. The van der Waals surface area contributed by atoms with Crippen LogP contribution in [0.4, 0.5) is 14.6 Å². The predicted octanol–water partition coefficient (Wildman–Crippen LogP) is 3.33. The number of aromatic nitrogens is 3. The van der Waals surface area contributed by atoms with Gasteiger partial charge in [0.05, 0.1) is 16.5 Å². The van der Waals surface area contributed by atoms with E-state index in [1.165, 1.54) is 16.8 Å². The molecule has 1 unspecified atom stereocenters. The molecule has 2 aliphatic heterocycles. The second kappa shape index (κ2) is 10.3. The summed E-state index contributed by atoms with van der Waals surface area (Å²) < 4.78 is 28.9. The van der Waals surface area contributed by atoms with Crippen LogP contribution in [0.5, 0.6) is 0 Å². The Bertz CT molecular complexity index is 1440. The highest BCUT2D eigenvalue weighted by Gasteiger charge is 2.49. The minimum absolute atomic E-state index is 0.0879. The molecule has 0 bridgehead atoms. The predicted molar refractivity (Wildman–Crippen MR) is 142 cm³/mol. The van der Waals surface area contributed by atoms with Gasteiger partial charge in [-0.15, -0.1) is 0 Å². The highest BCUT2D eigenvalue weighted by Crippen LogP contribution is 2.43. The van der Waals surface area contributed by atoms with Gasteiger partial charge in [0, 0.05) is 68.9 Å². The Balaban J connectivity index is 1.42. The molecular weight excluding hydrogens is 528 g/mol. The zero-order valence-corrected chi connectivity index (χ0v) is 22.6. The third-order valence-electron chi connectivity index (χ3n) is 8.22. The van der Waals surface area contributed by atoms with Crippen LogP contribution in [0.15, 0.2) is 53.5 Å². The minimum atomic E-state index is -1.43. The van der Waals surface area contributed by atoms with E-state index in [-0.39, 0.29) is 30.5 Å². The van der Waals surface area contributed by atoms with Gasteiger partial charge in [-0.25, -0.2) is 13.5 Å². The summed E-state index contributed by atoms with van der Waals surface area (Å²) in [5.41, 5.74) is -0.638. The van der Waals surface area contributed by atoms with E-state index in [1.807, 2.05) is 24.8 Å². The maximum absolute atomic E-state index is 14.1. The van der Waals surface area contributed by atoms with Crippen molar-refractivity contribution in [1.29, 1.82) is 0 Å². The summed E-state index contributed by atoms with van der Waals surface area (Å²) in [6.45, 7) is 4.94. The molecule has 3 aromatic rings. The molecule has 1 aromatic carbocycles. The summed E-state index contributed by atoms with van der Waals surface area (Å²) in [5.74, 6) is -3.10. The monoisotopic (exact) mass is 557 g/mol. The van der Waals surface area contributed by atoms with Gasteiger partial charge >= 0.3 is 0 Å². The lowest BCUT2D eigenvalue weighted by molar-refractivity contribution is -0.152. The van der Waals surface area contributed by atoms with Gasteiger partial charge in [0.1, 0.15) is 5.82 Å². The van der Waals surface area contributed by atoms with E-state index in [1.54, 1.807) is 30.3 Å². The number of halogens is 3. The number of pyridine rings is 1. The summed E-state index contributed by atoms with van der Waals surface area (Å²) in [4.78, 5) is 34.1. The molecule has 0 aliphatic carbocycles. The molecule has 0 radical (unpaired) electrons. The van der Waals surface area contributed by atoms with Gasteiger partial charge in [-0.2, -0.15) is 5.10 Å². The van der Waals surface area contributed by atoms with Crippen molar-refractivity contribution in [3.05, 3.63) is 86.9 Å². The number of carbonyl (C=O) groups is 1. The summed E-state index contributed by atoms with van der Waals surface area (Å²) in [5, 5.41) is 16.5. The molecule has 2 fully saturated rings. The Morgan fingerprint density at radius 3 is 2.36 bits per heavy atom. The van der Waals surface area contributed by atoms with Crippen molar-refractivity contribution in [2.24, 2.45) is 24.8 Å². The smallest absolute Gasteiger partial charge is 0.266 e. The first kappa shape index (κ1) is 27.2. The van der Waals surface area contributed by atoms with Gasteiger partial charge in [-0.3, -0.25) is 14.6 Å². The Morgan fingerprint density at radius 1 is 1.03 bits per heavy atom. The van der Waals surface area contributed by atoms with Crippen LogP contribution < -0.4 is 10.5 Å². The van der Waals surface area contributed by atoms with E-state index in [2.05, 4.69) is 10.1 Å². The van der Waals surface area contributed by atoms with Crippen LogP contribution >= 0.6 is 11.6 Å².